The molecule has 0 saturated heterocycles. The van der Waals surface area contributed by atoms with Gasteiger partial charge in [-0.3, -0.25) is 19.2 Å². The Kier molecular flexibility index (Phi) is 13.5. The summed E-state index contributed by atoms with van der Waals surface area (Å²) in [6, 6.07) is 33.7. The summed E-state index contributed by atoms with van der Waals surface area (Å²) in [5, 5.41) is 17.5. The average Bonchev–Trinajstić information content (AvgIpc) is 3.96. The normalized spacial score (nSPS) is 26.7. The van der Waals surface area contributed by atoms with Crippen molar-refractivity contribution in [1.82, 2.24) is 10.6 Å². The Balaban J connectivity index is 0.000000179. The predicted molar refractivity (Wildman–Crippen MR) is 230 cm³/mol. The van der Waals surface area contributed by atoms with E-state index in [2.05, 4.69) is 24.5 Å². The van der Waals surface area contributed by atoms with E-state index < -0.39 is 11.9 Å². The maximum atomic E-state index is 12.6. The van der Waals surface area contributed by atoms with Crippen molar-refractivity contribution in [2.24, 2.45) is 47.3 Å². The number of carboxylic acids is 1. The van der Waals surface area contributed by atoms with E-state index in [1.165, 1.54) is 7.11 Å². The molecule has 0 bridgehead atoms. The lowest BCUT2D eigenvalue weighted by Gasteiger charge is -2.26. The molecule has 0 radical (unpaired) electrons. The van der Waals surface area contributed by atoms with Crippen LogP contribution in [-0.2, 0) is 14.3 Å². The second kappa shape index (κ2) is 18.7. The standard InChI is InChI=1S/C25H28ClNO3.C24H26ClNO3/c1-3-21(27-24(28)16-9-11-18(26)12-10-16)23-19-13-17(14-20(19)23)22(25(29)30-2)15-7-5-4-6-8-15;1-2-20(26-23(27)15-8-10-17(25)11-9-15)22-18-12-16(13-19(18)22)21(24(28)29)14-6-4-3-5-7-14/h4-12,17,19-23H,3,13-14H2,1-2H3,(H,27,28);3-11,16,18-22H,2,12-13H2,1H3,(H,26,27)(H,28,29)/t17?,19-,20+,21?,22?,23?;16?,18-,19+,20?,21?,22?. The van der Waals surface area contributed by atoms with Crippen molar-refractivity contribution in [3.63, 3.8) is 0 Å². The van der Waals surface area contributed by atoms with Gasteiger partial charge < -0.3 is 20.5 Å². The van der Waals surface area contributed by atoms with Crippen LogP contribution in [0.15, 0.2) is 109 Å². The number of carboxylic acid groups (broad SMARTS) is 1. The summed E-state index contributed by atoms with van der Waals surface area (Å²) in [5.74, 6) is 1.97. The fourth-order valence-electron chi connectivity index (χ4n) is 10.9. The number of hydrogen-bond donors (Lipinski definition) is 3. The van der Waals surface area contributed by atoms with Crippen LogP contribution in [0.3, 0.4) is 0 Å². The summed E-state index contributed by atoms with van der Waals surface area (Å²) >= 11 is 11.8. The first-order valence-electron chi connectivity index (χ1n) is 21.1. The summed E-state index contributed by atoms with van der Waals surface area (Å²) in [7, 11) is 1.47. The van der Waals surface area contributed by atoms with Gasteiger partial charge in [0.1, 0.15) is 0 Å². The first-order chi connectivity index (χ1) is 28.5. The molecule has 3 N–H and O–H groups in total. The molecule has 0 spiro atoms. The second-order valence-electron chi connectivity index (χ2n) is 16.9. The Morgan fingerprint density at radius 2 is 0.949 bits per heavy atom. The summed E-state index contributed by atoms with van der Waals surface area (Å²) < 4.78 is 5.13. The molecule has 10 heteroatoms. The van der Waals surface area contributed by atoms with Gasteiger partial charge in [-0.05, 0) is 146 Å². The number of carbonyl (C=O) groups is 4. The molecule has 2 amide bonds. The lowest BCUT2D eigenvalue weighted by molar-refractivity contribution is -0.144. The third kappa shape index (κ3) is 9.55. The van der Waals surface area contributed by atoms with E-state index in [9.17, 15) is 24.3 Å². The van der Waals surface area contributed by atoms with Gasteiger partial charge >= 0.3 is 11.9 Å². The number of nitrogens with one attached hydrogen (secondary N) is 2. The molecule has 4 aliphatic rings. The molecule has 4 aliphatic carbocycles. The first kappa shape index (κ1) is 42.5. The quantitative estimate of drug-likeness (QED) is 0.109. The van der Waals surface area contributed by atoms with Gasteiger partial charge in [0.2, 0.25) is 0 Å². The van der Waals surface area contributed by atoms with Crippen LogP contribution in [0.4, 0.5) is 0 Å². The number of benzene rings is 4. The van der Waals surface area contributed by atoms with Crippen LogP contribution in [0.1, 0.15) is 96.1 Å². The monoisotopic (exact) mass is 836 g/mol. The van der Waals surface area contributed by atoms with E-state index in [4.69, 9.17) is 27.9 Å². The second-order valence-corrected chi connectivity index (χ2v) is 17.8. The van der Waals surface area contributed by atoms with E-state index in [0.717, 1.165) is 49.7 Å². The molecule has 12 atom stereocenters. The third-order valence-corrected chi connectivity index (χ3v) is 14.2. The van der Waals surface area contributed by atoms with Gasteiger partial charge in [0, 0.05) is 33.3 Å². The molecule has 8 nitrogen and oxygen atoms in total. The molecule has 8 rings (SSSR count). The molecular formula is C49H54Cl2N2O6. The van der Waals surface area contributed by atoms with Gasteiger partial charge in [-0.25, -0.2) is 0 Å². The van der Waals surface area contributed by atoms with Crippen LogP contribution in [-0.4, -0.2) is 48.1 Å². The smallest absolute Gasteiger partial charge is 0.313 e. The molecule has 310 valence electrons. The molecule has 4 saturated carbocycles. The molecule has 8 unspecified atom stereocenters. The maximum absolute atomic E-state index is 12.6. The number of esters is 1. The maximum Gasteiger partial charge on any atom is 0.313 e. The zero-order chi connectivity index (χ0) is 41.8. The van der Waals surface area contributed by atoms with E-state index in [-0.39, 0.29) is 41.7 Å². The number of fused-ring (bicyclic) bond motifs is 2. The van der Waals surface area contributed by atoms with E-state index >= 15 is 0 Å². The number of carbonyl (C=O) groups excluding carboxylic acids is 3. The van der Waals surface area contributed by atoms with Gasteiger partial charge in [0.25, 0.3) is 11.8 Å². The van der Waals surface area contributed by atoms with Crippen molar-refractivity contribution in [1.29, 1.82) is 0 Å². The molecule has 0 aliphatic heterocycles. The number of methoxy groups -OCH3 is 1. The molecule has 4 aromatic carbocycles. The summed E-state index contributed by atoms with van der Waals surface area (Å²) in [6.45, 7) is 4.22. The van der Waals surface area contributed by atoms with E-state index in [1.54, 1.807) is 48.5 Å². The van der Waals surface area contributed by atoms with Gasteiger partial charge in [0.05, 0.1) is 18.9 Å². The first-order valence-corrected chi connectivity index (χ1v) is 21.8. The van der Waals surface area contributed by atoms with Crippen molar-refractivity contribution in [2.75, 3.05) is 7.11 Å². The lowest BCUT2D eigenvalue weighted by atomic mass is 9.81. The average molecular weight is 838 g/mol. The van der Waals surface area contributed by atoms with Crippen molar-refractivity contribution >= 4 is 47.0 Å². The van der Waals surface area contributed by atoms with Gasteiger partial charge in [-0.2, -0.15) is 0 Å². The van der Waals surface area contributed by atoms with Gasteiger partial charge in [0.15, 0.2) is 0 Å². The number of ether oxygens (including phenoxy) is 1. The minimum atomic E-state index is -0.734. The lowest BCUT2D eigenvalue weighted by Crippen LogP contribution is -2.37. The Morgan fingerprint density at radius 3 is 1.29 bits per heavy atom. The van der Waals surface area contributed by atoms with Crippen LogP contribution in [0, 0.1) is 47.3 Å². The molecular weight excluding hydrogens is 783 g/mol. The number of hydrogen-bond acceptors (Lipinski definition) is 5. The van der Waals surface area contributed by atoms with Crippen LogP contribution in [0.2, 0.25) is 10.0 Å². The molecule has 0 heterocycles. The van der Waals surface area contributed by atoms with E-state index in [0.29, 0.717) is 62.6 Å². The Hall–Kier alpha value is -4.66. The third-order valence-electron chi connectivity index (χ3n) is 13.7. The van der Waals surface area contributed by atoms with Crippen molar-refractivity contribution < 1.29 is 29.0 Å². The van der Waals surface area contributed by atoms with Crippen LogP contribution >= 0.6 is 23.2 Å². The molecule has 4 aromatic rings. The highest BCUT2D eigenvalue weighted by atomic mass is 35.5. The Morgan fingerprint density at radius 1 is 0.593 bits per heavy atom. The van der Waals surface area contributed by atoms with Crippen LogP contribution < -0.4 is 10.6 Å². The van der Waals surface area contributed by atoms with Crippen molar-refractivity contribution in [3.05, 3.63) is 141 Å². The minimum absolute atomic E-state index is 0.0447. The Bertz CT molecular complexity index is 2060. The van der Waals surface area contributed by atoms with Crippen LogP contribution in [0.5, 0.6) is 0 Å². The summed E-state index contributed by atoms with van der Waals surface area (Å²) in [5.41, 5.74) is 3.18. The molecule has 59 heavy (non-hydrogen) atoms. The molecule has 0 aromatic heterocycles. The number of halogens is 2. The zero-order valence-corrected chi connectivity index (χ0v) is 35.3. The highest BCUT2D eigenvalue weighted by Crippen LogP contribution is 2.64. The van der Waals surface area contributed by atoms with Crippen LogP contribution in [0.25, 0.3) is 0 Å². The highest BCUT2D eigenvalue weighted by molar-refractivity contribution is 6.31. The number of aliphatic carboxylic acids is 1. The highest BCUT2D eigenvalue weighted by Gasteiger charge is 2.61. The van der Waals surface area contributed by atoms with E-state index in [1.807, 2.05) is 60.7 Å². The predicted octanol–water partition coefficient (Wildman–Crippen LogP) is 10.1. The van der Waals surface area contributed by atoms with Crippen molar-refractivity contribution in [3.8, 4) is 0 Å². The zero-order valence-electron chi connectivity index (χ0n) is 33.8. The summed E-state index contributed by atoms with van der Waals surface area (Å²) in [6.07, 6.45) is 5.65. The fourth-order valence-corrected chi connectivity index (χ4v) is 11.2. The largest absolute Gasteiger partial charge is 0.481 e. The number of rotatable bonds is 14. The summed E-state index contributed by atoms with van der Waals surface area (Å²) in [4.78, 5) is 49.7. The Labute approximate surface area is 357 Å². The SMILES string of the molecule is CCC(NC(=O)c1ccc(Cl)cc1)C1[C@H]2CC(C(C(=O)O)c3ccccc3)C[C@@H]12.CCC(NC(=O)c1ccc(Cl)cc1)C1[C@H]2CC(C(C(=O)OC)c3ccccc3)C[C@@H]12. The van der Waals surface area contributed by atoms with Gasteiger partial charge in [-0.1, -0.05) is 97.7 Å². The van der Waals surface area contributed by atoms with Crippen molar-refractivity contribution in [2.45, 2.75) is 76.3 Å². The minimum Gasteiger partial charge on any atom is -0.481 e. The fraction of sp³-hybridized carbons (Fsp3) is 0.429. The molecule has 4 fully saturated rings. The van der Waals surface area contributed by atoms with Gasteiger partial charge in [-0.15, -0.1) is 0 Å². The topological polar surface area (TPSA) is 122 Å². The number of amides is 2.